The molecule has 0 aliphatic heterocycles. The van der Waals surface area contributed by atoms with E-state index in [4.69, 9.17) is 0 Å². The molecule has 0 saturated heterocycles. The lowest BCUT2D eigenvalue weighted by Gasteiger charge is -2.21. The normalized spacial score (nSPS) is 22.8. The number of allylic oxidation sites excluding steroid dienone is 2. The number of carbonyl (C=O) groups is 2. The number of benzene rings is 1. The van der Waals surface area contributed by atoms with E-state index in [1.807, 2.05) is 18.2 Å². The molecule has 0 heterocycles. The number of rotatable bonds is 3. The molecule has 1 aliphatic carbocycles. The molecule has 2 rings (SSSR count). The first-order valence-corrected chi connectivity index (χ1v) is 5.33. The molecule has 86 valence electrons. The highest BCUT2D eigenvalue weighted by Crippen LogP contribution is 2.17. The van der Waals surface area contributed by atoms with Crippen LogP contribution in [-0.4, -0.2) is 22.3 Å². The zero-order chi connectivity index (χ0) is 12.3. The van der Waals surface area contributed by atoms with Gasteiger partial charge in [-0.15, -0.1) is 0 Å². The van der Waals surface area contributed by atoms with Crippen LogP contribution >= 0.6 is 0 Å². The molecular weight excluding hydrogens is 216 g/mol. The third-order valence-corrected chi connectivity index (χ3v) is 2.70. The van der Waals surface area contributed by atoms with Crippen LogP contribution in [0.4, 0.5) is 0 Å². The number of carbonyl (C=O) groups excluding carboxylic acids is 2. The van der Waals surface area contributed by atoms with Crippen molar-refractivity contribution in [3.63, 3.8) is 0 Å². The van der Waals surface area contributed by atoms with Crippen molar-refractivity contribution in [3.05, 3.63) is 60.2 Å². The first-order chi connectivity index (χ1) is 8.13. The Kier molecular flexibility index (Phi) is 3.02. The Morgan fingerprint density at radius 2 is 1.88 bits per heavy atom. The summed E-state index contributed by atoms with van der Waals surface area (Å²) in [5.41, 5.74) is -1.22. The average molecular weight is 228 g/mol. The van der Waals surface area contributed by atoms with Crippen LogP contribution in [0.3, 0.4) is 0 Å². The van der Waals surface area contributed by atoms with Crippen molar-refractivity contribution >= 4 is 11.6 Å². The highest BCUT2D eigenvalue weighted by Gasteiger charge is 2.39. The summed E-state index contributed by atoms with van der Waals surface area (Å²) in [6.45, 7) is 0. The molecule has 0 radical (unpaired) electrons. The second-order valence-electron chi connectivity index (χ2n) is 3.93. The lowest BCUT2D eigenvalue weighted by molar-refractivity contribution is -0.142. The Labute approximate surface area is 99.1 Å². The first-order valence-electron chi connectivity index (χ1n) is 5.33. The average Bonchev–Trinajstić information content (AvgIpc) is 2.34. The van der Waals surface area contributed by atoms with Gasteiger partial charge in [-0.3, -0.25) is 9.59 Å². The largest absolute Gasteiger partial charge is 0.371 e. The van der Waals surface area contributed by atoms with Crippen molar-refractivity contribution in [2.75, 3.05) is 0 Å². The molecule has 3 nitrogen and oxygen atoms in total. The molecule has 0 fully saturated rings. The van der Waals surface area contributed by atoms with E-state index in [0.717, 1.165) is 5.56 Å². The quantitative estimate of drug-likeness (QED) is 0.791. The van der Waals surface area contributed by atoms with Gasteiger partial charge in [0.15, 0.2) is 11.6 Å². The predicted molar refractivity (Wildman–Crippen MR) is 63.4 cm³/mol. The molecule has 1 aromatic rings. The van der Waals surface area contributed by atoms with E-state index in [2.05, 4.69) is 0 Å². The molecule has 1 aliphatic rings. The second-order valence-corrected chi connectivity index (χ2v) is 3.93. The molecular formula is C14H12O3. The van der Waals surface area contributed by atoms with Gasteiger partial charge in [-0.2, -0.15) is 0 Å². The summed E-state index contributed by atoms with van der Waals surface area (Å²) in [7, 11) is 0. The summed E-state index contributed by atoms with van der Waals surface area (Å²) in [5, 5.41) is 10.0. The molecule has 0 aromatic heterocycles. The highest BCUT2D eigenvalue weighted by molar-refractivity contribution is 6.17. The van der Waals surface area contributed by atoms with Gasteiger partial charge in [0, 0.05) is 6.42 Å². The summed E-state index contributed by atoms with van der Waals surface area (Å²) in [6, 6.07) is 9.04. The Bertz CT molecular complexity index is 499. The summed E-state index contributed by atoms with van der Waals surface area (Å²) in [4.78, 5) is 23.5. The lowest BCUT2D eigenvalue weighted by Crippen LogP contribution is -2.45. The monoisotopic (exact) mass is 228 g/mol. The van der Waals surface area contributed by atoms with Crippen molar-refractivity contribution in [2.45, 2.75) is 12.0 Å². The fourth-order valence-electron chi connectivity index (χ4n) is 1.69. The van der Waals surface area contributed by atoms with E-state index in [0.29, 0.717) is 0 Å². The van der Waals surface area contributed by atoms with Gasteiger partial charge in [0.05, 0.1) is 0 Å². The van der Waals surface area contributed by atoms with Gasteiger partial charge in [-0.1, -0.05) is 42.5 Å². The molecule has 0 saturated carbocycles. The Hall–Kier alpha value is -2.00. The molecule has 0 spiro atoms. The number of hydrogen-bond donors (Lipinski definition) is 1. The van der Waals surface area contributed by atoms with Crippen LogP contribution in [0, 0.1) is 0 Å². The molecule has 1 atom stereocenters. The van der Waals surface area contributed by atoms with Gasteiger partial charge < -0.3 is 5.11 Å². The Balaban J connectivity index is 2.18. The van der Waals surface area contributed by atoms with Gasteiger partial charge in [0.25, 0.3) is 0 Å². The summed E-state index contributed by atoms with van der Waals surface area (Å²) >= 11 is 0. The maximum absolute atomic E-state index is 11.9. The molecule has 1 unspecified atom stereocenters. The molecule has 0 bridgehead atoms. The van der Waals surface area contributed by atoms with E-state index >= 15 is 0 Å². The molecule has 3 heteroatoms. The number of aliphatic hydroxyl groups is 1. The zero-order valence-electron chi connectivity index (χ0n) is 9.17. The smallest absolute Gasteiger partial charge is 0.204 e. The molecule has 1 N–H and O–H groups in total. The van der Waals surface area contributed by atoms with Crippen molar-refractivity contribution in [1.29, 1.82) is 0 Å². The van der Waals surface area contributed by atoms with E-state index in [-0.39, 0.29) is 6.42 Å². The predicted octanol–water partition coefficient (Wildman–Crippen LogP) is 1.22. The van der Waals surface area contributed by atoms with Crippen LogP contribution < -0.4 is 0 Å². The van der Waals surface area contributed by atoms with Gasteiger partial charge in [-0.25, -0.2) is 0 Å². The van der Waals surface area contributed by atoms with Crippen molar-refractivity contribution in [2.24, 2.45) is 0 Å². The summed E-state index contributed by atoms with van der Waals surface area (Å²) in [5.74, 6) is -1.09. The van der Waals surface area contributed by atoms with Crippen molar-refractivity contribution in [3.8, 4) is 0 Å². The SMILES string of the molecule is O=C1C=CC=CC1(O)C(=O)Cc1ccccc1. The highest BCUT2D eigenvalue weighted by atomic mass is 16.3. The fraction of sp³-hybridized carbons (Fsp3) is 0.143. The van der Waals surface area contributed by atoms with Crippen LogP contribution in [-0.2, 0) is 16.0 Å². The third kappa shape index (κ3) is 2.24. The Morgan fingerprint density at radius 1 is 1.18 bits per heavy atom. The molecule has 0 amide bonds. The van der Waals surface area contributed by atoms with Crippen LogP contribution in [0.5, 0.6) is 0 Å². The van der Waals surface area contributed by atoms with E-state index in [9.17, 15) is 14.7 Å². The molecule has 17 heavy (non-hydrogen) atoms. The topological polar surface area (TPSA) is 54.4 Å². The molecule has 1 aromatic carbocycles. The first kappa shape index (κ1) is 11.5. The zero-order valence-corrected chi connectivity index (χ0v) is 9.17. The maximum Gasteiger partial charge on any atom is 0.204 e. The fourth-order valence-corrected chi connectivity index (χ4v) is 1.69. The number of ketones is 2. The number of hydrogen-bond acceptors (Lipinski definition) is 3. The van der Waals surface area contributed by atoms with E-state index in [1.165, 1.54) is 24.3 Å². The minimum Gasteiger partial charge on any atom is -0.371 e. The van der Waals surface area contributed by atoms with Crippen molar-refractivity contribution < 1.29 is 14.7 Å². The number of Topliss-reactive ketones (excluding diaryl/α,β-unsaturated/α-hetero) is 1. The summed E-state index contributed by atoms with van der Waals surface area (Å²) < 4.78 is 0. The second kappa shape index (κ2) is 4.47. The minimum atomic E-state index is -2.00. The summed E-state index contributed by atoms with van der Waals surface area (Å²) in [6.07, 6.45) is 5.50. The maximum atomic E-state index is 11.9. The van der Waals surface area contributed by atoms with Crippen LogP contribution in [0.1, 0.15) is 5.56 Å². The van der Waals surface area contributed by atoms with Gasteiger partial charge in [-0.05, 0) is 17.7 Å². The Morgan fingerprint density at radius 3 is 2.53 bits per heavy atom. The third-order valence-electron chi connectivity index (χ3n) is 2.70. The van der Waals surface area contributed by atoms with Gasteiger partial charge in [0.2, 0.25) is 5.60 Å². The van der Waals surface area contributed by atoms with Crippen LogP contribution in [0.15, 0.2) is 54.6 Å². The van der Waals surface area contributed by atoms with E-state index in [1.54, 1.807) is 12.1 Å². The minimum absolute atomic E-state index is 0.0429. The van der Waals surface area contributed by atoms with Crippen molar-refractivity contribution in [1.82, 2.24) is 0 Å². The van der Waals surface area contributed by atoms with Gasteiger partial charge in [0.1, 0.15) is 0 Å². The van der Waals surface area contributed by atoms with E-state index < -0.39 is 17.2 Å². The van der Waals surface area contributed by atoms with Gasteiger partial charge >= 0.3 is 0 Å². The van der Waals surface area contributed by atoms with Crippen LogP contribution in [0.2, 0.25) is 0 Å². The lowest BCUT2D eigenvalue weighted by atomic mass is 9.86. The standard InChI is InChI=1S/C14H12O3/c15-12-8-4-5-9-14(12,17)13(16)10-11-6-2-1-3-7-11/h1-9,17H,10H2. The van der Waals surface area contributed by atoms with Crippen LogP contribution in [0.25, 0.3) is 0 Å².